The largest absolute Gasteiger partial charge is 0.368 e. The van der Waals surface area contributed by atoms with Gasteiger partial charge in [-0.3, -0.25) is 0 Å². The molecule has 0 fully saturated rings. The first kappa shape index (κ1) is 12.3. The van der Waals surface area contributed by atoms with E-state index in [0.717, 1.165) is 0 Å². The zero-order chi connectivity index (χ0) is 14.3. The summed E-state index contributed by atoms with van der Waals surface area (Å²) < 4.78 is 1.45. The number of hydrogen-bond donors (Lipinski definition) is 3. The van der Waals surface area contributed by atoms with Gasteiger partial charge in [-0.25, -0.2) is 15.0 Å². The van der Waals surface area contributed by atoms with Gasteiger partial charge in [0.2, 0.25) is 11.9 Å². The van der Waals surface area contributed by atoms with E-state index in [1.165, 1.54) is 11.0 Å². The third kappa shape index (κ3) is 2.13. The van der Waals surface area contributed by atoms with E-state index < -0.39 is 0 Å². The van der Waals surface area contributed by atoms with Crippen LogP contribution in [0.15, 0.2) is 12.7 Å². The Kier molecular flexibility index (Phi) is 2.56. The molecule has 0 saturated heterocycles. The monoisotopic (exact) mass is 273 g/mol. The second-order valence-corrected chi connectivity index (χ2v) is 5.38. The van der Waals surface area contributed by atoms with Gasteiger partial charge in [-0.1, -0.05) is 0 Å². The Bertz CT molecular complexity index is 749. The molecule has 0 saturated carbocycles. The number of hydrogen-bond acceptors (Lipinski definition) is 7. The molecule has 20 heavy (non-hydrogen) atoms. The van der Waals surface area contributed by atoms with Crippen LogP contribution < -0.4 is 11.1 Å². The predicted octanol–water partition coefficient (Wildman–Crippen LogP) is 0.726. The Labute approximate surface area is 114 Å². The fourth-order valence-corrected chi connectivity index (χ4v) is 1.78. The first-order chi connectivity index (χ1) is 9.44. The van der Waals surface area contributed by atoms with Gasteiger partial charge in [-0.15, -0.1) is 5.10 Å². The Morgan fingerprint density at radius 1 is 1.25 bits per heavy atom. The number of imidazole rings is 1. The minimum atomic E-state index is -0.159. The van der Waals surface area contributed by atoms with Gasteiger partial charge in [0.05, 0.1) is 6.33 Å². The number of aromatic amines is 1. The lowest BCUT2D eigenvalue weighted by Crippen LogP contribution is -2.26. The maximum Gasteiger partial charge on any atom is 0.244 e. The molecular weight excluding hydrogens is 258 g/mol. The smallest absolute Gasteiger partial charge is 0.244 e. The summed E-state index contributed by atoms with van der Waals surface area (Å²) in [5.41, 5.74) is 6.96. The molecule has 0 spiro atoms. The van der Waals surface area contributed by atoms with Crippen molar-refractivity contribution in [3.05, 3.63) is 12.7 Å². The molecule has 9 nitrogen and oxygen atoms in total. The zero-order valence-corrected chi connectivity index (χ0v) is 11.4. The molecule has 3 rings (SSSR count). The van der Waals surface area contributed by atoms with Gasteiger partial charge in [0, 0.05) is 5.54 Å². The maximum absolute atomic E-state index is 5.91. The lowest BCUT2D eigenvalue weighted by Gasteiger charge is -2.18. The van der Waals surface area contributed by atoms with E-state index in [2.05, 4.69) is 35.3 Å². The van der Waals surface area contributed by atoms with Crippen LogP contribution in [-0.4, -0.2) is 40.2 Å². The quantitative estimate of drug-likeness (QED) is 0.628. The summed E-state index contributed by atoms with van der Waals surface area (Å²) in [4.78, 5) is 19.5. The van der Waals surface area contributed by atoms with E-state index in [1.54, 1.807) is 6.33 Å². The van der Waals surface area contributed by atoms with Crippen LogP contribution in [0.1, 0.15) is 20.8 Å². The van der Waals surface area contributed by atoms with Crippen LogP contribution in [-0.2, 0) is 0 Å². The van der Waals surface area contributed by atoms with E-state index >= 15 is 0 Å². The van der Waals surface area contributed by atoms with Crippen LogP contribution >= 0.6 is 0 Å². The van der Waals surface area contributed by atoms with Gasteiger partial charge in [0.25, 0.3) is 0 Å². The van der Waals surface area contributed by atoms with Crippen LogP contribution in [0.4, 0.5) is 11.9 Å². The van der Waals surface area contributed by atoms with Crippen molar-refractivity contribution in [2.24, 2.45) is 0 Å². The second-order valence-electron chi connectivity index (χ2n) is 5.38. The summed E-state index contributed by atoms with van der Waals surface area (Å²) in [5.74, 6) is 1.20. The van der Waals surface area contributed by atoms with Crippen LogP contribution in [0.3, 0.4) is 0 Å². The first-order valence-electron chi connectivity index (χ1n) is 6.09. The number of nitrogens with two attached hydrogens (primary N) is 1. The van der Waals surface area contributed by atoms with Crippen molar-refractivity contribution in [1.29, 1.82) is 0 Å². The summed E-state index contributed by atoms with van der Waals surface area (Å²) in [5, 5.41) is 7.49. The van der Waals surface area contributed by atoms with Gasteiger partial charge in [-0.2, -0.15) is 9.67 Å². The highest BCUT2D eigenvalue weighted by molar-refractivity contribution is 5.77. The Balaban J connectivity index is 2.08. The molecular formula is C11H15N9. The average Bonchev–Trinajstić information content (AvgIpc) is 2.93. The molecule has 0 atom stereocenters. The number of anilines is 2. The lowest BCUT2D eigenvalue weighted by atomic mass is 10.1. The SMILES string of the molecule is CC(C)(C)Nc1nc(N)n(-c2ncnc3nc[nH]c23)n1. The maximum atomic E-state index is 5.91. The number of fused-ring (bicyclic) bond motifs is 1. The van der Waals surface area contributed by atoms with Crippen LogP contribution in [0.25, 0.3) is 17.0 Å². The predicted molar refractivity (Wildman–Crippen MR) is 74.4 cm³/mol. The Morgan fingerprint density at radius 2 is 2.05 bits per heavy atom. The van der Waals surface area contributed by atoms with Crippen LogP contribution in [0.2, 0.25) is 0 Å². The molecule has 0 aliphatic carbocycles. The topological polar surface area (TPSA) is 123 Å². The third-order valence-corrected chi connectivity index (χ3v) is 2.52. The third-order valence-electron chi connectivity index (χ3n) is 2.52. The molecule has 0 amide bonds. The van der Waals surface area contributed by atoms with E-state index in [9.17, 15) is 0 Å². The summed E-state index contributed by atoms with van der Waals surface area (Å²) in [6.45, 7) is 6.05. The highest BCUT2D eigenvalue weighted by atomic mass is 15.4. The van der Waals surface area contributed by atoms with Gasteiger partial charge in [-0.05, 0) is 20.8 Å². The molecule has 0 unspecified atom stereocenters. The van der Waals surface area contributed by atoms with Crippen molar-refractivity contribution < 1.29 is 0 Å². The van der Waals surface area contributed by atoms with Gasteiger partial charge in [0.15, 0.2) is 11.5 Å². The van der Waals surface area contributed by atoms with E-state index in [0.29, 0.717) is 22.9 Å². The van der Waals surface area contributed by atoms with Gasteiger partial charge in [0.1, 0.15) is 11.8 Å². The number of nitrogen functional groups attached to an aromatic ring is 1. The number of nitrogens with zero attached hydrogens (tertiary/aromatic N) is 6. The van der Waals surface area contributed by atoms with Crippen LogP contribution in [0.5, 0.6) is 0 Å². The fraction of sp³-hybridized carbons (Fsp3) is 0.364. The molecule has 0 aromatic carbocycles. The molecule has 3 aromatic heterocycles. The number of rotatable bonds is 2. The van der Waals surface area contributed by atoms with Crippen molar-refractivity contribution in [2.75, 3.05) is 11.1 Å². The Hall–Kier alpha value is -2.71. The number of aromatic nitrogens is 7. The van der Waals surface area contributed by atoms with Crippen molar-refractivity contribution in [1.82, 2.24) is 34.7 Å². The molecule has 0 aliphatic heterocycles. The van der Waals surface area contributed by atoms with Crippen LogP contribution in [0, 0.1) is 0 Å². The highest BCUT2D eigenvalue weighted by Gasteiger charge is 2.17. The fourth-order valence-electron chi connectivity index (χ4n) is 1.78. The molecule has 9 heteroatoms. The molecule has 0 radical (unpaired) electrons. The second kappa shape index (κ2) is 4.15. The molecule has 0 aliphatic rings. The first-order valence-corrected chi connectivity index (χ1v) is 6.09. The summed E-state index contributed by atoms with van der Waals surface area (Å²) in [7, 11) is 0. The molecule has 4 N–H and O–H groups in total. The highest BCUT2D eigenvalue weighted by Crippen LogP contribution is 2.19. The average molecular weight is 273 g/mol. The normalized spacial score (nSPS) is 11.9. The summed E-state index contributed by atoms with van der Waals surface area (Å²) >= 11 is 0. The van der Waals surface area contributed by atoms with Crippen molar-refractivity contribution in [3.8, 4) is 5.82 Å². The minimum absolute atomic E-state index is 0.159. The van der Waals surface area contributed by atoms with Crippen molar-refractivity contribution in [2.45, 2.75) is 26.3 Å². The Morgan fingerprint density at radius 3 is 2.80 bits per heavy atom. The van der Waals surface area contributed by atoms with E-state index in [-0.39, 0.29) is 11.5 Å². The van der Waals surface area contributed by atoms with E-state index in [1.807, 2.05) is 20.8 Å². The number of nitrogens with one attached hydrogen (secondary N) is 2. The zero-order valence-electron chi connectivity index (χ0n) is 11.4. The lowest BCUT2D eigenvalue weighted by molar-refractivity contribution is 0.625. The summed E-state index contributed by atoms with van der Waals surface area (Å²) in [6.07, 6.45) is 2.96. The summed E-state index contributed by atoms with van der Waals surface area (Å²) in [6, 6.07) is 0. The molecule has 104 valence electrons. The molecule has 0 bridgehead atoms. The van der Waals surface area contributed by atoms with Gasteiger partial charge >= 0.3 is 0 Å². The number of H-pyrrole nitrogens is 1. The molecule has 3 aromatic rings. The molecule has 3 heterocycles. The minimum Gasteiger partial charge on any atom is -0.368 e. The van der Waals surface area contributed by atoms with Crippen molar-refractivity contribution >= 4 is 23.1 Å². The van der Waals surface area contributed by atoms with Crippen molar-refractivity contribution in [3.63, 3.8) is 0 Å². The standard InChI is InChI=1S/C11H15N9/c1-11(2,3)18-10-17-9(12)20(19-10)8-6-7(14-4-13-6)15-5-16-8/h4-5H,1-3H3,(H3,12,17,18,19)(H,13,14,15,16). The van der Waals surface area contributed by atoms with Gasteiger partial charge < -0.3 is 16.0 Å². The van der Waals surface area contributed by atoms with E-state index in [4.69, 9.17) is 5.73 Å².